The molecule has 0 saturated heterocycles. The first-order valence-corrected chi connectivity index (χ1v) is 8.46. The van der Waals surface area contributed by atoms with Crippen molar-refractivity contribution in [1.82, 2.24) is 9.78 Å². The number of nitrogens with zero attached hydrogens (tertiary/aromatic N) is 2. The van der Waals surface area contributed by atoms with Gasteiger partial charge in [0.2, 0.25) is 0 Å². The predicted molar refractivity (Wildman–Crippen MR) is 100 cm³/mol. The van der Waals surface area contributed by atoms with Crippen LogP contribution in [0.5, 0.6) is 0 Å². The molecule has 0 bridgehead atoms. The maximum Gasteiger partial charge on any atom is 0.413 e. The van der Waals surface area contributed by atoms with Gasteiger partial charge < -0.3 is 9.84 Å². The van der Waals surface area contributed by atoms with Gasteiger partial charge in [0.1, 0.15) is 12.4 Å². The molecular formula is C19H18ClN3O3. The van der Waals surface area contributed by atoms with E-state index in [1.165, 1.54) is 4.68 Å². The molecule has 2 N–H and O–H groups in total. The molecule has 0 fully saturated rings. The average Bonchev–Trinajstić information content (AvgIpc) is 3.04. The molecule has 0 spiro atoms. The first kappa shape index (κ1) is 18.0. The van der Waals surface area contributed by atoms with Crippen LogP contribution >= 0.6 is 11.6 Å². The van der Waals surface area contributed by atoms with Gasteiger partial charge in [-0.3, -0.25) is 5.32 Å². The number of hydrogen-bond acceptors (Lipinski definition) is 4. The molecule has 0 aliphatic carbocycles. The molecule has 7 heteroatoms. The Hall–Kier alpha value is -2.83. The zero-order valence-electron chi connectivity index (χ0n) is 13.9. The summed E-state index contributed by atoms with van der Waals surface area (Å²) >= 11 is 5.91. The third kappa shape index (κ3) is 4.62. The molecule has 26 heavy (non-hydrogen) atoms. The number of aliphatic hydroxyl groups is 1. The Labute approximate surface area is 156 Å². The lowest BCUT2D eigenvalue weighted by Gasteiger charge is -2.08. The summed E-state index contributed by atoms with van der Waals surface area (Å²) in [4.78, 5) is 12.1. The molecule has 0 saturated carbocycles. The lowest BCUT2D eigenvalue weighted by Crippen LogP contribution is -2.17. The zero-order valence-corrected chi connectivity index (χ0v) is 14.7. The second-order valence-corrected chi connectivity index (χ2v) is 5.99. The summed E-state index contributed by atoms with van der Waals surface area (Å²) in [5.41, 5.74) is 2.41. The number of hydrogen-bond donors (Lipinski definition) is 2. The highest BCUT2D eigenvalue weighted by molar-refractivity contribution is 6.30. The lowest BCUT2D eigenvalue weighted by atomic mass is 10.1. The molecule has 2 aromatic carbocycles. The number of halogens is 1. The number of aliphatic hydroxyl groups excluding tert-OH is 1. The van der Waals surface area contributed by atoms with Crippen molar-refractivity contribution >= 4 is 23.5 Å². The molecule has 6 nitrogen and oxygen atoms in total. The van der Waals surface area contributed by atoms with Gasteiger partial charge in [-0.1, -0.05) is 54.1 Å². The third-order valence-electron chi connectivity index (χ3n) is 3.67. The monoisotopic (exact) mass is 371 g/mol. The Balaban J connectivity index is 1.71. The number of carbonyl (C=O) groups is 1. The molecule has 0 aliphatic heterocycles. The fourth-order valence-electron chi connectivity index (χ4n) is 2.41. The third-order valence-corrected chi connectivity index (χ3v) is 3.93. The van der Waals surface area contributed by atoms with Crippen molar-refractivity contribution in [3.63, 3.8) is 0 Å². The average molecular weight is 372 g/mol. The highest BCUT2D eigenvalue weighted by Crippen LogP contribution is 2.23. The van der Waals surface area contributed by atoms with Gasteiger partial charge in [-0.25, -0.2) is 9.48 Å². The number of ether oxygens (including phenoxy) is 1. The molecule has 3 aromatic rings. The van der Waals surface area contributed by atoms with Crippen LogP contribution in [0.1, 0.15) is 5.56 Å². The zero-order chi connectivity index (χ0) is 18.4. The fraction of sp³-hybridized carbons (Fsp3) is 0.158. The van der Waals surface area contributed by atoms with E-state index in [4.69, 9.17) is 16.3 Å². The second kappa shape index (κ2) is 8.51. The van der Waals surface area contributed by atoms with E-state index >= 15 is 0 Å². The summed E-state index contributed by atoms with van der Waals surface area (Å²) in [5, 5.41) is 16.9. The summed E-state index contributed by atoms with van der Waals surface area (Å²) < 4.78 is 6.75. The first-order chi connectivity index (χ1) is 12.7. The van der Waals surface area contributed by atoms with Crippen LogP contribution in [0.15, 0.2) is 60.7 Å². The number of rotatable bonds is 6. The number of anilines is 1. The molecule has 1 aromatic heterocycles. The number of nitrogens with one attached hydrogen (secondary N) is 1. The Kier molecular flexibility index (Phi) is 5.88. The molecule has 0 aliphatic rings. The van der Waals surface area contributed by atoms with E-state index in [1.807, 2.05) is 42.5 Å². The van der Waals surface area contributed by atoms with E-state index in [2.05, 4.69) is 10.4 Å². The standard InChI is InChI=1S/C19H18ClN3O3/c20-16-8-6-15(7-9-16)17-12-18(23(22-17)10-11-24)21-19(25)26-13-14-4-2-1-3-5-14/h1-9,12,24H,10-11,13H2,(H,21,25). The van der Waals surface area contributed by atoms with Crippen molar-refractivity contribution < 1.29 is 14.6 Å². The van der Waals surface area contributed by atoms with Crippen molar-refractivity contribution in [2.24, 2.45) is 0 Å². The molecule has 3 rings (SSSR count). The van der Waals surface area contributed by atoms with Crippen LogP contribution in [0, 0.1) is 0 Å². The maximum absolute atomic E-state index is 12.1. The van der Waals surface area contributed by atoms with E-state index in [-0.39, 0.29) is 19.8 Å². The van der Waals surface area contributed by atoms with Gasteiger partial charge in [0.25, 0.3) is 0 Å². The van der Waals surface area contributed by atoms with Gasteiger partial charge in [0, 0.05) is 16.7 Å². The highest BCUT2D eigenvalue weighted by Gasteiger charge is 2.13. The number of carbonyl (C=O) groups excluding carboxylic acids is 1. The van der Waals surface area contributed by atoms with Gasteiger partial charge in [-0.05, 0) is 17.7 Å². The van der Waals surface area contributed by atoms with E-state index < -0.39 is 6.09 Å². The van der Waals surface area contributed by atoms with Crippen LogP contribution in [-0.2, 0) is 17.9 Å². The fourth-order valence-corrected chi connectivity index (χ4v) is 2.53. The van der Waals surface area contributed by atoms with Crippen molar-refractivity contribution in [1.29, 1.82) is 0 Å². The molecular weight excluding hydrogens is 354 g/mol. The summed E-state index contributed by atoms with van der Waals surface area (Å²) in [6.45, 7) is 0.322. The van der Waals surface area contributed by atoms with Gasteiger partial charge in [0.15, 0.2) is 0 Å². The van der Waals surface area contributed by atoms with Gasteiger partial charge in [-0.15, -0.1) is 0 Å². The minimum absolute atomic E-state index is 0.102. The molecule has 1 heterocycles. The predicted octanol–water partition coefficient (Wildman–Crippen LogP) is 3.94. The first-order valence-electron chi connectivity index (χ1n) is 8.08. The Morgan fingerprint density at radius 2 is 1.88 bits per heavy atom. The lowest BCUT2D eigenvalue weighted by molar-refractivity contribution is 0.154. The topological polar surface area (TPSA) is 76.4 Å². The molecule has 0 unspecified atom stereocenters. The van der Waals surface area contributed by atoms with E-state index in [0.29, 0.717) is 16.5 Å². The van der Waals surface area contributed by atoms with Crippen LogP contribution in [0.25, 0.3) is 11.3 Å². The minimum Gasteiger partial charge on any atom is -0.444 e. The normalized spacial score (nSPS) is 10.5. The van der Waals surface area contributed by atoms with Crippen molar-refractivity contribution in [3.8, 4) is 11.3 Å². The van der Waals surface area contributed by atoms with Crippen LogP contribution in [0.2, 0.25) is 5.02 Å². The molecule has 0 radical (unpaired) electrons. The molecule has 0 atom stereocenters. The Morgan fingerprint density at radius 3 is 2.58 bits per heavy atom. The van der Waals surface area contributed by atoms with Crippen LogP contribution in [-0.4, -0.2) is 27.6 Å². The molecule has 1 amide bonds. The number of benzene rings is 2. The maximum atomic E-state index is 12.1. The van der Waals surface area contributed by atoms with Crippen LogP contribution in [0.4, 0.5) is 10.6 Å². The van der Waals surface area contributed by atoms with Crippen LogP contribution < -0.4 is 5.32 Å². The number of amides is 1. The summed E-state index contributed by atoms with van der Waals surface area (Å²) in [6.07, 6.45) is -0.587. The van der Waals surface area contributed by atoms with E-state index in [1.54, 1.807) is 18.2 Å². The van der Waals surface area contributed by atoms with Gasteiger partial charge >= 0.3 is 6.09 Å². The Morgan fingerprint density at radius 1 is 1.15 bits per heavy atom. The van der Waals surface area contributed by atoms with Crippen molar-refractivity contribution in [3.05, 3.63) is 71.2 Å². The van der Waals surface area contributed by atoms with Gasteiger partial charge in [0.05, 0.1) is 18.8 Å². The van der Waals surface area contributed by atoms with Crippen molar-refractivity contribution in [2.75, 3.05) is 11.9 Å². The van der Waals surface area contributed by atoms with Crippen LogP contribution in [0.3, 0.4) is 0 Å². The summed E-state index contributed by atoms with van der Waals surface area (Å²) in [6, 6.07) is 18.3. The van der Waals surface area contributed by atoms with E-state index in [9.17, 15) is 9.90 Å². The summed E-state index contributed by atoms with van der Waals surface area (Å²) in [5.74, 6) is 0.446. The SMILES string of the molecule is O=C(Nc1cc(-c2ccc(Cl)cc2)nn1CCO)OCc1ccccc1. The smallest absolute Gasteiger partial charge is 0.413 e. The van der Waals surface area contributed by atoms with E-state index in [0.717, 1.165) is 11.1 Å². The van der Waals surface area contributed by atoms with Gasteiger partial charge in [-0.2, -0.15) is 5.10 Å². The molecule has 134 valence electrons. The quantitative estimate of drug-likeness (QED) is 0.688. The second-order valence-electron chi connectivity index (χ2n) is 5.56. The largest absolute Gasteiger partial charge is 0.444 e. The highest BCUT2D eigenvalue weighted by atomic mass is 35.5. The minimum atomic E-state index is -0.587. The van der Waals surface area contributed by atoms with Crippen molar-refractivity contribution in [2.45, 2.75) is 13.2 Å². The number of aromatic nitrogens is 2. The Bertz CT molecular complexity index is 863. The summed E-state index contributed by atoms with van der Waals surface area (Å²) in [7, 11) is 0.